The largest absolute Gasteiger partial charge is 0.504 e. The van der Waals surface area contributed by atoms with Gasteiger partial charge in [-0.2, -0.15) is 5.10 Å². The van der Waals surface area contributed by atoms with E-state index in [0.717, 1.165) is 24.2 Å². The molecule has 2 rings (SSSR count). The van der Waals surface area contributed by atoms with Crippen molar-refractivity contribution in [2.45, 2.75) is 26.4 Å². The second-order valence-electron chi connectivity index (χ2n) is 4.74. The molecule has 108 valence electrons. The van der Waals surface area contributed by atoms with Gasteiger partial charge in [-0.25, -0.2) is 0 Å². The first kappa shape index (κ1) is 14.4. The molecule has 0 bridgehead atoms. The summed E-state index contributed by atoms with van der Waals surface area (Å²) in [6.45, 7) is 3.60. The molecular formula is C15H21N3O2. The van der Waals surface area contributed by atoms with Crippen molar-refractivity contribution in [2.75, 3.05) is 7.11 Å². The van der Waals surface area contributed by atoms with Crippen molar-refractivity contribution in [3.63, 3.8) is 0 Å². The van der Waals surface area contributed by atoms with Gasteiger partial charge in [0, 0.05) is 31.9 Å². The Hall–Kier alpha value is -2.01. The molecule has 0 aliphatic carbocycles. The highest BCUT2D eigenvalue weighted by atomic mass is 16.5. The molecule has 0 fully saturated rings. The van der Waals surface area contributed by atoms with Crippen LogP contribution in [0.15, 0.2) is 24.4 Å². The fourth-order valence-electron chi connectivity index (χ4n) is 2.20. The third kappa shape index (κ3) is 3.30. The summed E-state index contributed by atoms with van der Waals surface area (Å²) in [7, 11) is 3.49. The standard InChI is InChI=1S/C15H21N3O2/c1-4-13-12(10-18(2)17-13)9-16-8-11-5-6-14(19)15(7-11)20-3/h5-7,10,16,19H,4,8-9H2,1-3H3. The molecule has 1 heterocycles. The molecule has 1 aromatic carbocycles. The van der Waals surface area contributed by atoms with E-state index in [1.54, 1.807) is 13.2 Å². The minimum absolute atomic E-state index is 0.164. The SMILES string of the molecule is CCc1nn(C)cc1CNCc1ccc(O)c(OC)c1. The summed E-state index contributed by atoms with van der Waals surface area (Å²) in [6.07, 6.45) is 2.98. The highest BCUT2D eigenvalue weighted by Crippen LogP contribution is 2.26. The second kappa shape index (κ2) is 6.43. The first-order chi connectivity index (χ1) is 9.63. The van der Waals surface area contributed by atoms with E-state index in [4.69, 9.17) is 4.74 Å². The van der Waals surface area contributed by atoms with E-state index in [1.807, 2.05) is 30.1 Å². The quantitative estimate of drug-likeness (QED) is 0.846. The average molecular weight is 275 g/mol. The number of benzene rings is 1. The molecule has 0 saturated carbocycles. The summed E-state index contributed by atoms with van der Waals surface area (Å²) in [4.78, 5) is 0. The number of aromatic hydroxyl groups is 1. The van der Waals surface area contributed by atoms with Gasteiger partial charge in [0.05, 0.1) is 12.8 Å². The summed E-state index contributed by atoms with van der Waals surface area (Å²) in [5.41, 5.74) is 3.42. The van der Waals surface area contributed by atoms with Gasteiger partial charge in [-0.05, 0) is 24.1 Å². The summed E-state index contributed by atoms with van der Waals surface area (Å²) in [5, 5.41) is 17.4. The van der Waals surface area contributed by atoms with Gasteiger partial charge in [0.2, 0.25) is 0 Å². The maximum Gasteiger partial charge on any atom is 0.160 e. The zero-order chi connectivity index (χ0) is 14.5. The maximum absolute atomic E-state index is 9.55. The Bertz CT molecular complexity index is 578. The molecule has 5 heteroatoms. The number of phenols is 1. The number of ether oxygens (including phenoxy) is 1. The van der Waals surface area contributed by atoms with Crippen LogP contribution in [-0.4, -0.2) is 22.0 Å². The lowest BCUT2D eigenvalue weighted by Crippen LogP contribution is -2.13. The van der Waals surface area contributed by atoms with E-state index in [1.165, 1.54) is 5.56 Å². The number of nitrogens with zero attached hydrogens (tertiary/aromatic N) is 2. The molecule has 0 atom stereocenters. The summed E-state index contributed by atoms with van der Waals surface area (Å²) < 4.78 is 6.95. The first-order valence-corrected chi connectivity index (χ1v) is 6.72. The number of methoxy groups -OCH3 is 1. The third-order valence-electron chi connectivity index (χ3n) is 3.22. The van der Waals surface area contributed by atoms with Gasteiger partial charge in [-0.1, -0.05) is 13.0 Å². The minimum atomic E-state index is 0.164. The van der Waals surface area contributed by atoms with E-state index in [9.17, 15) is 5.11 Å². The smallest absolute Gasteiger partial charge is 0.160 e. The molecule has 0 aliphatic rings. The van der Waals surface area contributed by atoms with Gasteiger partial charge in [-0.15, -0.1) is 0 Å². The van der Waals surface area contributed by atoms with Crippen LogP contribution in [-0.2, 0) is 26.6 Å². The number of phenolic OH excluding ortho intramolecular Hbond substituents is 1. The Labute approximate surface area is 119 Å². The molecule has 2 aromatic rings. The van der Waals surface area contributed by atoms with Gasteiger partial charge in [0.1, 0.15) is 0 Å². The highest BCUT2D eigenvalue weighted by Gasteiger charge is 2.06. The fourth-order valence-corrected chi connectivity index (χ4v) is 2.20. The van der Waals surface area contributed by atoms with Crippen LogP contribution < -0.4 is 10.1 Å². The zero-order valence-electron chi connectivity index (χ0n) is 12.2. The van der Waals surface area contributed by atoms with E-state index >= 15 is 0 Å². The zero-order valence-corrected chi connectivity index (χ0v) is 12.2. The van der Waals surface area contributed by atoms with E-state index in [2.05, 4.69) is 17.3 Å². The molecule has 20 heavy (non-hydrogen) atoms. The van der Waals surface area contributed by atoms with Gasteiger partial charge in [0.25, 0.3) is 0 Å². The van der Waals surface area contributed by atoms with Crippen molar-refractivity contribution in [1.29, 1.82) is 0 Å². The summed E-state index contributed by atoms with van der Waals surface area (Å²) in [6, 6.07) is 5.37. The van der Waals surface area contributed by atoms with Crippen molar-refractivity contribution < 1.29 is 9.84 Å². The van der Waals surface area contributed by atoms with Gasteiger partial charge < -0.3 is 15.2 Å². The predicted octanol–water partition coefficient (Wildman–Crippen LogP) is 1.99. The second-order valence-corrected chi connectivity index (χ2v) is 4.74. The Balaban J connectivity index is 1.95. The number of hydrogen-bond acceptors (Lipinski definition) is 4. The van der Waals surface area contributed by atoms with Crippen LogP contribution in [0.3, 0.4) is 0 Å². The van der Waals surface area contributed by atoms with Gasteiger partial charge in [-0.3, -0.25) is 4.68 Å². The summed E-state index contributed by atoms with van der Waals surface area (Å²) >= 11 is 0. The third-order valence-corrected chi connectivity index (χ3v) is 3.22. The molecule has 5 nitrogen and oxygen atoms in total. The van der Waals surface area contributed by atoms with Crippen LogP contribution in [0.2, 0.25) is 0 Å². The van der Waals surface area contributed by atoms with Crippen LogP contribution in [0.25, 0.3) is 0 Å². The Morgan fingerprint density at radius 1 is 1.35 bits per heavy atom. The summed E-state index contributed by atoms with van der Waals surface area (Å²) in [5.74, 6) is 0.664. The van der Waals surface area contributed by atoms with Crippen LogP contribution in [0, 0.1) is 0 Å². The molecular weight excluding hydrogens is 254 g/mol. The van der Waals surface area contributed by atoms with Crippen LogP contribution in [0.4, 0.5) is 0 Å². The van der Waals surface area contributed by atoms with Crippen LogP contribution >= 0.6 is 0 Å². The lowest BCUT2D eigenvalue weighted by atomic mass is 10.2. The average Bonchev–Trinajstić information content (AvgIpc) is 2.81. The van der Waals surface area contributed by atoms with E-state index in [-0.39, 0.29) is 5.75 Å². The van der Waals surface area contributed by atoms with Crippen molar-refractivity contribution in [2.24, 2.45) is 7.05 Å². The molecule has 0 spiro atoms. The lowest BCUT2D eigenvalue weighted by Gasteiger charge is -2.08. The Kier molecular flexibility index (Phi) is 4.63. The van der Waals surface area contributed by atoms with Gasteiger partial charge >= 0.3 is 0 Å². The van der Waals surface area contributed by atoms with Crippen molar-refractivity contribution >= 4 is 0 Å². The van der Waals surface area contributed by atoms with Crippen LogP contribution in [0.5, 0.6) is 11.5 Å². The topological polar surface area (TPSA) is 59.3 Å². The first-order valence-electron chi connectivity index (χ1n) is 6.72. The molecule has 0 saturated heterocycles. The predicted molar refractivity (Wildman–Crippen MR) is 77.8 cm³/mol. The molecule has 2 N–H and O–H groups in total. The number of hydrogen-bond donors (Lipinski definition) is 2. The van der Waals surface area contributed by atoms with Crippen molar-refractivity contribution in [1.82, 2.24) is 15.1 Å². The Morgan fingerprint density at radius 3 is 2.85 bits per heavy atom. The number of aryl methyl sites for hydroxylation is 2. The maximum atomic E-state index is 9.55. The molecule has 0 unspecified atom stereocenters. The lowest BCUT2D eigenvalue weighted by molar-refractivity contribution is 0.373. The minimum Gasteiger partial charge on any atom is -0.504 e. The van der Waals surface area contributed by atoms with Gasteiger partial charge in [0.15, 0.2) is 11.5 Å². The van der Waals surface area contributed by atoms with Crippen molar-refractivity contribution in [3.8, 4) is 11.5 Å². The fraction of sp³-hybridized carbons (Fsp3) is 0.400. The van der Waals surface area contributed by atoms with Crippen LogP contribution in [0.1, 0.15) is 23.7 Å². The molecule has 0 amide bonds. The molecule has 0 aliphatic heterocycles. The Morgan fingerprint density at radius 2 is 2.15 bits per heavy atom. The van der Waals surface area contributed by atoms with E-state index in [0.29, 0.717) is 12.3 Å². The number of rotatable bonds is 6. The molecule has 0 radical (unpaired) electrons. The normalized spacial score (nSPS) is 10.8. The number of aromatic nitrogens is 2. The monoisotopic (exact) mass is 275 g/mol. The number of nitrogens with one attached hydrogen (secondary N) is 1. The molecule has 1 aromatic heterocycles. The van der Waals surface area contributed by atoms with E-state index < -0.39 is 0 Å². The highest BCUT2D eigenvalue weighted by molar-refractivity contribution is 5.41. The van der Waals surface area contributed by atoms with Crippen molar-refractivity contribution in [3.05, 3.63) is 41.2 Å².